The van der Waals surface area contributed by atoms with Gasteiger partial charge in [-0.05, 0) is 30.2 Å². The van der Waals surface area contributed by atoms with Crippen LogP contribution < -0.4 is 0 Å². The summed E-state index contributed by atoms with van der Waals surface area (Å²) in [5.41, 5.74) is 3.28. The molecular weight excluding hydrogens is 288 g/mol. The van der Waals surface area contributed by atoms with Crippen molar-refractivity contribution in [3.05, 3.63) is 58.9 Å². The third-order valence-corrected chi connectivity index (χ3v) is 3.52. The molecule has 0 aliphatic rings. The summed E-state index contributed by atoms with van der Waals surface area (Å²) in [6.45, 7) is 3.49. The van der Waals surface area contributed by atoms with Gasteiger partial charge in [-0.15, -0.1) is 5.10 Å². The number of rotatable bonds is 5. The topological polar surface area (TPSA) is 61.4 Å². The number of halogens is 1. The van der Waals surface area contributed by atoms with Crippen molar-refractivity contribution in [3.63, 3.8) is 0 Å². The molecule has 0 radical (unpaired) electrons. The average molecular weight is 303 g/mol. The van der Waals surface area contributed by atoms with E-state index in [0.717, 1.165) is 29.2 Å². The molecule has 2 aromatic heterocycles. The lowest BCUT2D eigenvalue weighted by Gasteiger charge is -2.05. The minimum Gasteiger partial charge on any atom is -0.253 e. The van der Waals surface area contributed by atoms with Crippen molar-refractivity contribution in [1.29, 1.82) is 0 Å². The van der Waals surface area contributed by atoms with E-state index in [2.05, 4.69) is 20.4 Å². The van der Waals surface area contributed by atoms with Gasteiger partial charge in [-0.2, -0.15) is 5.10 Å². The van der Waals surface area contributed by atoms with Gasteiger partial charge >= 0.3 is 0 Å². The van der Waals surface area contributed by atoms with Crippen molar-refractivity contribution in [2.24, 2.45) is 0 Å². The largest absolute Gasteiger partial charge is 0.253 e. The molecule has 7 heteroatoms. The molecular formula is C14H15ClN6. The Morgan fingerprint density at radius 2 is 2.14 bits per heavy atom. The summed E-state index contributed by atoms with van der Waals surface area (Å²) in [4.78, 5) is 3.91. The number of nitrogens with zero attached hydrogens (tertiary/aromatic N) is 6. The zero-order valence-corrected chi connectivity index (χ0v) is 12.4. The first-order chi connectivity index (χ1) is 10.2. The second-order valence-electron chi connectivity index (χ2n) is 4.89. The maximum absolute atomic E-state index is 5.97. The molecule has 0 amide bonds. The van der Waals surface area contributed by atoms with Gasteiger partial charge in [0.1, 0.15) is 12.7 Å². The number of hydrogen-bond donors (Lipinski definition) is 0. The molecule has 0 atom stereocenters. The van der Waals surface area contributed by atoms with E-state index in [1.54, 1.807) is 11.0 Å². The van der Waals surface area contributed by atoms with Gasteiger partial charge in [0.15, 0.2) is 0 Å². The fraction of sp³-hybridized carbons (Fsp3) is 0.286. The molecule has 1 aromatic carbocycles. The normalized spacial score (nSPS) is 11.0. The number of benzene rings is 1. The van der Waals surface area contributed by atoms with Crippen LogP contribution in [-0.2, 0) is 19.5 Å². The van der Waals surface area contributed by atoms with Crippen molar-refractivity contribution >= 4 is 11.6 Å². The summed E-state index contributed by atoms with van der Waals surface area (Å²) in [7, 11) is 0. The Labute approximate surface area is 127 Å². The Hall–Kier alpha value is -2.21. The zero-order valence-electron chi connectivity index (χ0n) is 11.6. The minimum atomic E-state index is 0.694. The van der Waals surface area contributed by atoms with Gasteiger partial charge < -0.3 is 0 Å². The summed E-state index contributed by atoms with van der Waals surface area (Å²) in [6, 6.07) is 5.88. The molecule has 0 unspecified atom stereocenters. The first kappa shape index (κ1) is 13.8. The van der Waals surface area contributed by atoms with Crippen molar-refractivity contribution < 1.29 is 0 Å². The predicted octanol–water partition coefficient (Wildman–Crippen LogP) is 2.12. The molecule has 108 valence electrons. The SMILES string of the molecule is Cc1cc(Cl)ccc1Cn1cc(CCn2cncn2)nn1. The highest BCUT2D eigenvalue weighted by Gasteiger charge is 2.05. The molecule has 0 bridgehead atoms. The highest BCUT2D eigenvalue weighted by molar-refractivity contribution is 6.30. The molecule has 0 aliphatic heterocycles. The van der Waals surface area contributed by atoms with Crippen LogP contribution in [0.3, 0.4) is 0 Å². The van der Waals surface area contributed by atoms with Gasteiger partial charge in [0.25, 0.3) is 0 Å². The van der Waals surface area contributed by atoms with Crippen LogP contribution in [0.25, 0.3) is 0 Å². The smallest absolute Gasteiger partial charge is 0.137 e. The molecule has 0 saturated carbocycles. The number of aromatic nitrogens is 6. The van der Waals surface area contributed by atoms with Crippen LogP contribution in [0.4, 0.5) is 0 Å². The van der Waals surface area contributed by atoms with Crippen molar-refractivity contribution in [1.82, 2.24) is 29.8 Å². The molecule has 0 spiro atoms. The Bertz CT molecular complexity index is 719. The van der Waals surface area contributed by atoms with E-state index in [4.69, 9.17) is 11.6 Å². The van der Waals surface area contributed by atoms with Gasteiger partial charge in [0, 0.05) is 24.2 Å². The molecule has 0 fully saturated rings. The van der Waals surface area contributed by atoms with Gasteiger partial charge in [-0.25, -0.2) is 9.67 Å². The van der Waals surface area contributed by atoms with Gasteiger partial charge in [-0.3, -0.25) is 4.68 Å². The van der Waals surface area contributed by atoms with Gasteiger partial charge in [0.05, 0.1) is 12.2 Å². The van der Waals surface area contributed by atoms with E-state index in [9.17, 15) is 0 Å². The first-order valence-corrected chi connectivity index (χ1v) is 7.05. The summed E-state index contributed by atoms with van der Waals surface area (Å²) in [6.07, 6.45) is 5.97. The third kappa shape index (κ3) is 3.46. The lowest BCUT2D eigenvalue weighted by atomic mass is 10.1. The molecule has 6 nitrogen and oxygen atoms in total. The molecule has 0 N–H and O–H groups in total. The van der Waals surface area contributed by atoms with Crippen LogP contribution >= 0.6 is 11.6 Å². The first-order valence-electron chi connectivity index (χ1n) is 6.67. The third-order valence-electron chi connectivity index (χ3n) is 3.29. The molecule has 2 heterocycles. The average Bonchev–Trinajstić information content (AvgIpc) is 3.11. The quantitative estimate of drug-likeness (QED) is 0.724. The van der Waals surface area contributed by atoms with Crippen LogP contribution in [0.15, 0.2) is 37.1 Å². The van der Waals surface area contributed by atoms with E-state index in [1.807, 2.05) is 36.0 Å². The second kappa shape index (κ2) is 6.05. The lowest BCUT2D eigenvalue weighted by Crippen LogP contribution is -2.02. The molecule has 3 aromatic rings. The summed E-state index contributed by atoms with van der Waals surface area (Å²) >= 11 is 5.97. The second-order valence-corrected chi connectivity index (χ2v) is 5.32. The van der Waals surface area contributed by atoms with Crippen molar-refractivity contribution in [2.75, 3.05) is 0 Å². The maximum Gasteiger partial charge on any atom is 0.137 e. The summed E-state index contributed by atoms with van der Waals surface area (Å²) in [5.74, 6) is 0. The Balaban J connectivity index is 1.64. The van der Waals surface area contributed by atoms with E-state index in [1.165, 1.54) is 11.9 Å². The van der Waals surface area contributed by atoms with Gasteiger partial charge in [-0.1, -0.05) is 22.9 Å². The molecule has 0 saturated heterocycles. The number of aryl methyl sites for hydroxylation is 3. The zero-order chi connectivity index (χ0) is 14.7. The minimum absolute atomic E-state index is 0.694. The van der Waals surface area contributed by atoms with Crippen LogP contribution in [0.1, 0.15) is 16.8 Å². The van der Waals surface area contributed by atoms with Crippen molar-refractivity contribution in [2.45, 2.75) is 26.4 Å². The van der Waals surface area contributed by atoms with Crippen LogP contribution in [-0.4, -0.2) is 29.8 Å². The summed E-state index contributed by atoms with van der Waals surface area (Å²) in [5, 5.41) is 13.2. The number of hydrogen-bond acceptors (Lipinski definition) is 4. The lowest BCUT2D eigenvalue weighted by molar-refractivity contribution is 0.605. The summed E-state index contributed by atoms with van der Waals surface area (Å²) < 4.78 is 3.62. The molecule has 21 heavy (non-hydrogen) atoms. The van der Waals surface area contributed by atoms with Crippen molar-refractivity contribution in [3.8, 4) is 0 Å². The fourth-order valence-electron chi connectivity index (χ4n) is 2.12. The predicted molar refractivity (Wildman–Crippen MR) is 79.0 cm³/mol. The van der Waals surface area contributed by atoms with Crippen LogP contribution in [0, 0.1) is 6.92 Å². The monoisotopic (exact) mass is 302 g/mol. The van der Waals surface area contributed by atoms with E-state index < -0.39 is 0 Å². The van der Waals surface area contributed by atoms with Crippen LogP contribution in [0.2, 0.25) is 5.02 Å². The van der Waals surface area contributed by atoms with Gasteiger partial charge in [0.2, 0.25) is 0 Å². The maximum atomic E-state index is 5.97. The Morgan fingerprint density at radius 1 is 1.24 bits per heavy atom. The van der Waals surface area contributed by atoms with E-state index in [-0.39, 0.29) is 0 Å². The Kier molecular flexibility index (Phi) is 3.96. The highest BCUT2D eigenvalue weighted by atomic mass is 35.5. The molecule has 3 rings (SSSR count). The Morgan fingerprint density at radius 3 is 2.90 bits per heavy atom. The van der Waals surface area contributed by atoms with E-state index >= 15 is 0 Å². The van der Waals surface area contributed by atoms with Crippen LogP contribution in [0.5, 0.6) is 0 Å². The fourth-order valence-corrected chi connectivity index (χ4v) is 2.35. The van der Waals surface area contributed by atoms with E-state index in [0.29, 0.717) is 6.54 Å². The molecule has 0 aliphatic carbocycles. The highest BCUT2D eigenvalue weighted by Crippen LogP contribution is 2.16. The standard InChI is InChI=1S/C14H15ClN6/c1-11-6-13(15)3-2-12(11)7-21-8-14(18-19-21)4-5-20-10-16-9-17-20/h2-3,6,8-10H,4-5,7H2,1H3.